The molecule has 0 aromatic heterocycles. The average molecular weight is 249 g/mol. The van der Waals surface area contributed by atoms with Gasteiger partial charge in [0.05, 0.1) is 5.92 Å². The molecule has 0 saturated heterocycles. The molecule has 18 heavy (non-hydrogen) atoms. The summed E-state index contributed by atoms with van der Waals surface area (Å²) >= 11 is 0. The van der Waals surface area contributed by atoms with E-state index in [9.17, 15) is 9.59 Å². The van der Waals surface area contributed by atoms with Crippen LogP contribution in [-0.2, 0) is 9.53 Å². The Hall–Kier alpha value is -1.84. The number of benzene rings is 1. The largest absolute Gasteiger partial charge is 0.444 e. The van der Waals surface area contributed by atoms with Crippen LogP contribution in [0.4, 0.5) is 4.79 Å². The lowest BCUT2D eigenvalue weighted by molar-refractivity contribution is -0.121. The first kappa shape index (κ1) is 14.2. The topological polar surface area (TPSA) is 55.4 Å². The Morgan fingerprint density at radius 2 is 1.72 bits per heavy atom. The molecule has 1 atom stereocenters. The number of nitrogens with one attached hydrogen (secondary N) is 1. The number of hydrogen-bond donors (Lipinski definition) is 1. The van der Waals surface area contributed by atoms with Crippen LogP contribution in [0.25, 0.3) is 0 Å². The van der Waals surface area contributed by atoms with E-state index in [1.807, 2.05) is 30.3 Å². The van der Waals surface area contributed by atoms with Gasteiger partial charge < -0.3 is 4.74 Å². The van der Waals surface area contributed by atoms with Gasteiger partial charge in [-0.05, 0) is 33.3 Å². The second-order valence-corrected chi connectivity index (χ2v) is 5.12. The zero-order valence-electron chi connectivity index (χ0n) is 11.2. The summed E-state index contributed by atoms with van der Waals surface area (Å²) in [4.78, 5) is 23.3. The van der Waals surface area contributed by atoms with E-state index in [2.05, 4.69) is 5.32 Å². The number of carbonyl (C=O) groups is 2. The Morgan fingerprint density at radius 3 is 2.22 bits per heavy atom. The van der Waals surface area contributed by atoms with Crippen LogP contribution >= 0.6 is 0 Å². The first-order valence-corrected chi connectivity index (χ1v) is 5.88. The van der Waals surface area contributed by atoms with Gasteiger partial charge in [0.1, 0.15) is 5.60 Å². The monoisotopic (exact) mass is 249 g/mol. The van der Waals surface area contributed by atoms with Crippen molar-refractivity contribution in [1.29, 1.82) is 0 Å². The molecule has 1 aromatic carbocycles. The van der Waals surface area contributed by atoms with Crippen LogP contribution in [0.2, 0.25) is 0 Å². The summed E-state index contributed by atoms with van der Waals surface area (Å²) in [5.41, 5.74) is 0.249. The SMILES string of the molecule is CC(C(=O)NC(=O)OC(C)(C)C)c1ccccc1. The molecule has 1 rings (SSSR count). The summed E-state index contributed by atoms with van der Waals surface area (Å²) in [6.07, 6.45) is -0.713. The van der Waals surface area contributed by atoms with Crippen molar-refractivity contribution >= 4 is 12.0 Å². The minimum atomic E-state index is -0.713. The first-order chi connectivity index (χ1) is 8.29. The van der Waals surface area contributed by atoms with Crippen LogP contribution in [0, 0.1) is 0 Å². The van der Waals surface area contributed by atoms with E-state index in [-0.39, 0.29) is 5.91 Å². The van der Waals surface area contributed by atoms with Gasteiger partial charge in [0.15, 0.2) is 0 Å². The molecule has 0 radical (unpaired) electrons. The maximum Gasteiger partial charge on any atom is 0.414 e. The van der Waals surface area contributed by atoms with Crippen LogP contribution in [0.5, 0.6) is 0 Å². The van der Waals surface area contributed by atoms with Crippen molar-refractivity contribution < 1.29 is 14.3 Å². The molecule has 2 amide bonds. The van der Waals surface area contributed by atoms with E-state index < -0.39 is 17.6 Å². The van der Waals surface area contributed by atoms with E-state index in [1.165, 1.54) is 0 Å². The third-order valence-corrected chi connectivity index (χ3v) is 2.32. The van der Waals surface area contributed by atoms with E-state index in [0.29, 0.717) is 0 Å². The van der Waals surface area contributed by atoms with Crippen molar-refractivity contribution in [3.63, 3.8) is 0 Å². The summed E-state index contributed by atoms with van der Waals surface area (Å²) in [6, 6.07) is 9.28. The minimum absolute atomic E-state index is 0.365. The standard InChI is InChI=1S/C14H19NO3/c1-10(11-8-6-5-7-9-11)12(16)15-13(17)18-14(2,3)4/h5-10H,1-4H3,(H,15,16,17). The Balaban J connectivity index is 2.59. The van der Waals surface area contributed by atoms with Gasteiger partial charge in [0.25, 0.3) is 0 Å². The summed E-state index contributed by atoms with van der Waals surface area (Å²) in [5, 5.41) is 2.23. The number of ether oxygens (including phenoxy) is 1. The number of carbonyl (C=O) groups excluding carboxylic acids is 2. The number of amides is 2. The fourth-order valence-electron chi connectivity index (χ4n) is 1.41. The van der Waals surface area contributed by atoms with Crippen molar-refractivity contribution in [2.45, 2.75) is 39.2 Å². The molecule has 4 heteroatoms. The second kappa shape index (κ2) is 5.67. The van der Waals surface area contributed by atoms with Crippen molar-refractivity contribution in [3.05, 3.63) is 35.9 Å². The molecular weight excluding hydrogens is 230 g/mol. The zero-order valence-corrected chi connectivity index (χ0v) is 11.2. The summed E-state index contributed by atoms with van der Waals surface area (Å²) in [6.45, 7) is 6.99. The maximum absolute atomic E-state index is 11.8. The lowest BCUT2D eigenvalue weighted by atomic mass is 10.0. The van der Waals surface area contributed by atoms with Crippen LogP contribution in [0.15, 0.2) is 30.3 Å². The molecule has 0 saturated carbocycles. The van der Waals surface area contributed by atoms with Gasteiger partial charge in [-0.15, -0.1) is 0 Å². The Bertz CT molecular complexity index is 420. The number of imide groups is 1. The fraction of sp³-hybridized carbons (Fsp3) is 0.429. The van der Waals surface area contributed by atoms with Gasteiger partial charge >= 0.3 is 6.09 Å². The molecule has 1 N–H and O–H groups in total. The van der Waals surface area contributed by atoms with E-state index in [4.69, 9.17) is 4.74 Å². The van der Waals surface area contributed by atoms with E-state index in [1.54, 1.807) is 27.7 Å². The van der Waals surface area contributed by atoms with Crippen molar-refractivity contribution in [2.24, 2.45) is 0 Å². The van der Waals surface area contributed by atoms with Crippen molar-refractivity contribution in [3.8, 4) is 0 Å². The molecule has 0 aliphatic heterocycles. The highest BCUT2D eigenvalue weighted by Crippen LogP contribution is 2.14. The van der Waals surface area contributed by atoms with Gasteiger partial charge in [-0.1, -0.05) is 30.3 Å². The van der Waals surface area contributed by atoms with Crippen molar-refractivity contribution in [2.75, 3.05) is 0 Å². The smallest absolute Gasteiger partial charge is 0.414 e. The number of alkyl carbamates (subject to hydrolysis) is 1. The molecule has 0 aliphatic carbocycles. The van der Waals surface area contributed by atoms with Crippen LogP contribution in [-0.4, -0.2) is 17.6 Å². The quantitative estimate of drug-likeness (QED) is 0.876. The zero-order chi connectivity index (χ0) is 13.8. The third-order valence-electron chi connectivity index (χ3n) is 2.32. The molecular formula is C14H19NO3. The molecule has 0 bridgehead atoms. The van der Waals surface area contributed by atoms with Gasteiger partial charge in [-0.3, -0.25) is 10.1 Å². The number of hydrogen-bond acceptors (Lipinski definition) is 3. The molecule has 0 spiro atoms. The summed E-state index contributed by atoms with van der Waals surface area (Å²) in [7, 11) is 0. The Morgan fingerprint density at radius 1 is 1.17 bits per heavy atom. The van der Waals surface area contributed by atoms with Crippen LogP contribution in [0.1, 0.15) is 39.2 Å². The average Bonchev–Trinajstić information content (AvgIpc) is 2.26. The summed E-state index contributed by atoms with van der Waals surface area (Å²) < 4.78 is 5.02. The molecule has 0 heterocycles. The van der Waals surface area contributed by atoms with Gasteiger partial charge in [0, 0.05) is 0 Å². The first-order valence-electron chi connectivity index (χ1n) is 5.88. The maximum atomic E-state index is 11.8. The Labute approximate surface area is 107 Å². The second-order valence-electron chi connectivity index (χ2n) is 5.12. The van der Waals surface area contributed by atoms with E-state index >= 15 is 0 Å². The third kappa shape index (κ3) is 4.57. The van der Waals surface area contributed by atoms with Crippen molar-refractivity contribution in [1.82, 2.24) is 5.32 Å². The molecule has 4 nitrogen and oxygen atoms in total. The highest BCUT2D eigenvalue weighted by atomic mass is 16.6. The lowest BCUT2D eigenvalue weighted by Gasteiger charge is -2.20. The molecule has 98 valence electrons. The molecule has 0 fully saturated rings. The molecule has 0 aliphatic rings. The van der Waals surface area contributed by atoms with Crippen LogP contribution in [0.3, 0.4) is 0 Å². The molecule has 1 unspecified atom stereocenters. The predicted octanol–water partition coefficient (Wildman–Crippen LogP) is 2.84. The highest BCUT2D eigenvalue weighted by molar-refractivity contribution is 5.95. The van der Waals surface area contributed by atoms with Gasteiger partial charge in [-0.25, -0.2) is 4.79 Å². The summed E-state index contributed by atoms with van der Waals surface area (Å²) in [5.74, 6) is -0.755. The Kier molecular flexibility index (Phi) is 4.48. The van der Waals surface area contributed by atoms with Gasteiger partial charge in [-0.2, -0.15) is 0 Å². The number of rotatable bonds is 2. The predicted molar refractivity (Wildman–Crippen MR) is 69.2 cm³/mol. The van der Waals surface area contributed by atoms with Gasteiger partial charge in [0.2, 0.25) is 5.91 Å². The normalized spacial score (nSPS) is 12.7. The van der Waals surface area contributed by atoms with Crippen LogP contribution < -0.4 is 5.32 Å². The minimum Gasteiger partial charge on any atom is -0.444 e. The highest BCUT2D eigenvalue weighted by Gasteiger charge is 2.21. The molecule has 1 aromatic rings. The van der Waals surface area contributed by atoms with E-state index in [0.717, 1.165) is 5.56 Å². The lowest BCUT2D eigenvalue weighted by Crippen LogP contribution is -2.38. The fourth-order valence-corrected chi connectivity index (χ4v) is 1.41.